The van der Waals surface area contributed by atoms with E-state index in [1.54, 1.807) is 11.3 Å². The van der Waals surface area contributed by atoms with E-state index >= 15 is 0 Å². The molecule has 3 rings (SSSR count). The van der Waals surface area contributed by atoms with Crippen LogP contribution in [0.1, 0.15) is 67.4 Å². The highest BCUT2D eigenvalue weighted by Crippen LogP contribution is 2.37. The minimum Gasteiger partial charge on any atom is -0.317 e. The van der Waals surface area contributed by atoms with Gasteiger partial charge < -0.3 is 10.2 Å². The van der Waals surface area contributed by atoms with Crippen LogP contribution in [0, 0.1) is 11.3 Å². The molecule has 0 aliphatic heterocycles. The van der Waals surface area contributed by atoms with Crippen LogP contribution in [0.5, 0.6) is 0 Å². The van der Waals surface area contributed by atoms with Crippen molar-refractivity contribution in [3.05, 3.63) is 16.0 Å². The Morgan fingerprint density at radius 3 is 2.75 bits per heavy atom. The van der Waals surface area contributed by atoms with Crippen molar-refractivity contribution in [3.8, 4) is 6.07 Å². The summed E-state index contributed by atoms with van der Waals surface area (Å²) >= 11 is 1.61. The molecule has 2 aliphatic rings. The summed E-state index contributed by atoms with van der Waals surface area (Å²) in [4.78, 5) is 16.0. The predicted molar refractivity (Wildman–Crippen MR) is 98.4 cm³/mol. The fraction of sp³-hybridized carbons (Fsp3) is 0.684. The molecule has 0 bridgehead atoms. The summed E-state index contributed by atoms with van der Waals surface area (Å²) in [7, 11) is 2.13. The van der Waals surface area contributed by atoms with Crippen LogP contribution in [0.2, 0.25) is 0 Å². The molecule has 0 aromatic carbocycles. The summed E-state index contributed by atoms with van der Waals surface area (Å²) in [5, 5.41) is 13.2. The molecule has 1 fully saturated rings. The number of amides is 1. The van der Waals surface area contributed by atoms with E-state index in [0.717, 1.165) is 30.8 Å². The second kappa shape index (κ2) is 8.13. The smallest absolute Gasteiger partial charge is 0.226 e. The Balaban J connectivity index is 1.55. The first-order valence-electron chi connectivity index (χ1n) is 9.23. The highest BCUT2D eigenvalue weighted by atomic mass is 32.1. The largest absolute Gasteiger partial charge is 0.317 e. The third kappa shape index (κ3) is 3.99. The molecule has 1 heterocycles. The van der Waals surface area contributed by atoms with E-state index in [9.17, 15) is 10.1 Å². The fourth-order valence-corrected chi connectivity index (χ4v) is 5.20. The van der Waals surface area contributed by atoms with Crippen molar-refractivity contribution in [3.63, 3.8) is 0 Å². The van der Waals surface area contributed by atoms with Gasteiger partial charge in [-0.3, -0.25) is 4.79 Å². The van der Waals surface area contributed by atoms with Gasteiger partial charge in [0.05, 0.1) is 5.56 Å². The summed E-state index contributed by atoms with van der Waals surface area (Å²) in [5.74, 6) is 0.0350. The molecule has 1 saturated carbocycles. The molecule has 0 atom stereocenters. The van der Waals surface area contributed by atoms with E-state index in [-0.39, 0.29) is 5.91 Å². The first-order valence-corrected chi connectivity index (χ1v) is 10.1. The van der Waals surface area contributed by atoms with Crippen molar-refractivity contribution in [2.75, 3.05) is 18.9 Å². The second-order valence-corrected chi connectivity index (χ2v) is 8.20. The van der Waals surface area contributed by atoms with Gasteiger partial charge in [0.15, 0.2) is 0 Å². The molecule has 2 aliphatic carbocycles. The lowest BCUT2D eigenvalue weighted by Gasteiger charge is -2.30. The highest BCUT2D eigenvalue weighted by molar-refractivity contribution is 7.16. The van der Waals surface area contributed by atoms with Gasteiger partial charge in [-0.05, 0) is 51.1 Å². The zero-order valence-corrected chi connectivity index (χ0v) is 15.4. The molecule has 0 saturated heterocycles. The molecule has 1 aromatic rings. The number of hydrogen-bond acceptors (Lipinski definition) is 4. The van der Waals surface area contributed by atoms with E-state index in [4.69, 9.17) is 0 Å². The monoisotopic (exact) mass is 345 g/mol. The third-order valence-electron chi connectivity index (χ3n) is 5.43. The number of hydrogen-bond donors (Lipinski definition) is 1. The Kier molecular flexibility index (Phi) is 5.91. The maximum absolute atomic E-state index is 12.3. The zero-order chi connectivity index (χ0) is 16.9. The third-order valence-corrected chi connectivity index (χ3v) is 6.63. The lowest BCUT2D eigenvalue weighted by atomic mass is 9.94. The van der Waals surface area contributed by atoms with Crippen LogP contribution in [-0.2, 0) is 17.6 Å². The van der Waals surface area contributed by atoms with Crippen LogP contribution < -0.4 is 5.32 Å². The van der Waals surface area contributed by atoms with E-state index in [0.29, 0.717) is 18.0 Å². The second-order valence-electron chi connectivity index (χ2n) is 7.10. The molecule has 1 aromatic heterocycles. The molecule has 5 heteroatoms. The number of nitrogens with one attached hydrogen (secondary N) is 1. The summed E-state index contributed by atoms with van der Waals surface area (Å²) in [5.41, 5.74) is 1.90. The van der Waals surface area contributed by atoms with Crippen LogP contribution in [0.3, 0.4) is 0 Å². The Hall–Kier alpha value is -1.38. The predicted octanol–water partition coefficient (Wildman–Crippen LogP) is 4.09. The van der Waals surface area contributed by atoms with Crippen LogP contribution in [0.4, 0.5) is 5.00 Å². The number of nitriles is 1. The maximum atomic E-state index is 12.3. The Bertz CT molecular complexity index is 625. The van der Waals surface area contributed by atoms with Gasteiger partial charge in [-0.2, -0.15) is 5.26 Å². The molecule has 4 nitrogen and oxygen atoms in total. The van der Waals surface area contributed by atoms with Crippen molar-refractivity contribution >= 4 is 22.2 Å². The minimum atomic E-state index is 0.0350. The van der Waals surface area contributed by atoms with Gasteiger partial charge in [-0.1, -0.05) is 19.3 Å². The Morgan fingerprint density at radius 2 is 2.00 bits per heavy atom. The molecule has 0 radical (unpaired) electrons. The average Bonchev–Trinajstić information content (AvgIpc) is 2.97. The van der Waals surface area contributed by atoms with E-state index in [1.807, 2.05) is 0 Å². The number of anilines is 1. The number of nitrogens with zero attached hydrogens (tertiary/aromatic N) is 2. The molecular formula is C19H27N3OS. The van der Waals surface area contributed by atoms with Crippen LogP contribution in [0.25, 0.3) is 0 Å². The standard InChI is InChI=1S/C19H27N3OS/c1-22(14-7-3-2-4-8-14)12-11-18(23)21-19-16(13-20)15-9-5-6-10-17(15)24-19/h14H,2-12H2,1H3,(H,21,23). The normalized spacial score (nSPS) is 18.2. The van der Waals surface area contributed by atoms with E-state index < -0.39 is 0 Å². The maximum Gasteiger partial charge on any atom is 0.226 e. The molecule has 1 amide bonds. The SMILES string of the molecule is CN(CCC(=O)Nc1sc2c(c1C#N)CCCC2)C1CCCCC1. The van der Waals surface area contributed by atoms with Gasteiger partial charge in [0.1, 0.15) is 11.1 Å². The first kappa shape index (κ1) is 17.4. The molecule has 130 valence electrons. The van der Waals surface area contributed by atoms with Crippen LogP contribution >= 0.6 is 11.3 Å². The van der Waals surface area contributed by atoms with Gasteiger partial charge in [0.25, 0.3) is 0 Å². The summed E-state index contributed by atoms with van der Waals surface area (Å²) in [6.07, 6.45) is 11.4. The summed E-state index contributed by atoms with van der Waals surface area (Å²) in [6, 6.07) is 2.95. The molecule has 24 heavy (non-hydrogen) atoms. The van der Waals surface area contributed by atoms with Crippen molar-refractivity contribution < 1.29 is 4.79 Å². The van der Waals surface area contributed by atoms with Gasteiger partial charge in [-0.25, -0.2) is 0 Å². The number of rotatable bonds is 5. The van der Waals surface area contributed by atoms with Gasteiger partial charge in [-0.15, -0.1) is 11.3 Å². The zero-order valence-electron chi connectivity index (χ0n) is 14.6. The van der Waals surface area contributed by atoms with E-state index in [1.165, 1.54) is 49.0 Å². The minimum absolute atomic E-state index is 0.0350. The number of carbonyl (C=O) groups is 1. The topological polar surface area (TPSA) is 56.1 Å². The molecule has 0 spiro atoms. The number of fused-ring (bicyclic) bond motifs is 1. The quantitative estimate of drug-likeness (QED) is 0.874. The lowest BCUT2D eigenvalue weighted by molar-refractivity contribution is -0.116. The molecule has 1 N–H and O–H groups in total. The summed E-state index contributed by atoms with van der Waals surface area (Å²) < 4.78 is 0. The van der Waals surface area contributed by atoms with Crippen molar-refractivity contribution in [2.45, 2.75) is 70.3 Å². The number of aryl methyl sites for hydroxylation is 1. The summed E-state index contributed by atoms with van der Waals surface area (Å²) in [6.45, 7) is 0.795. The van der Waals surface area contributed by atoms with Crippen LogP contribution in [0.15, 0.2) is 0 Å². The van der Waals surface area contributed by atoms with Gasteiger partial charge in [0, 0.05) is 23.9 Å². The molecular weight excluding hydrogens is 318 g/mol. The number of thiophene rings is 1. The molecule has 0 unspecified atom stereocenters. The van der Waals surface area contributed by atoms with Crippen molar-refractivity contribution in [1.82, 2.24) is 4.90 Å². The average molecular weight is 346 g/mol. The van der Waals surface area contributed by atoms with Crippen molar-refractivity contribution in [2.24, 2.45) is 0 Å². The van der Waals surface area contributed by atoms with Gasteiger partial charge in [0.2, 0.25) is 5.91 Å². The van der Waals surface area contributed by atoms with Gasteiger partial charge >= 0.3 is 0 Å². The van der Waals surface area contributed by atoms with Crippen LogP contribution in [-0.4, -0.2) is 30.4 Å². The number of carbonyl (C=O) groups excluding carboxylic acids is 1. The Labute approximate surface area is 148 Å². The lowest BCUT2D eigenvalue weighted by Crippen LogP contribution is -2.35. The Morgan fingerprint density at radius 1 is 1.25 bits per heavy atom. The fourth-order valence-electron chi connectivity index (χ4n) is 3.94. The van der Waals surface area contributed by atoms with Crippen molar-refractivity contribution in [1.29, 1.82) is 5.26 Å². The first-order chi connectivity index (χ1) is 11.7. The van der Waals surface area contributed by atoms with E-state index in [2.05, 4.69) is 23.3 Å². The highest BCUT2D eigenvalue weighted by Gasteiger charge is 2.22.